The fourth-order valence-electron chi connectivity index (χ4n) is 3.71. The first-order chi connectivity index (χ1) is 11.3. The van der Waals surface area contributed by atoms with E-state index in [-0.39, 0.29) is 11.9 Å². The van der Waals surface area contributed by atoms with E-state index in [2.05, 4.69) is 27.0 Å². The van der Waals surface area contributed by atoms with Crippen molar-refractivity contribution in [3.05, 3.63) is 54.1 Å². The highest BCUT2D eigenvalue weighted by molar-refractivity contribution is 7.99. The maximum Gasteiger partial charge on any atom is 0.224 e. The zero-order valence-electron chi connectivity index (χ0n) is 12.9. The van der Waals surface area contributed by atoms with Crippen LogP contribution in [0.2, 0.25) is 0 Å². The molecule has 0 saturated carbocycles. The molecule has 2 bridgehead atoms. The van der Waals surface area contributed by atoms with Gasteiger partial charge in [-0.05, 0) is 25.0 Å². The molecule has 1 aromatic carbocycles. The zero-order chi connectivity index (χ0) is 15.6. The van der Waals surface area contributed by atoms with E-state index in [4.69, 9.17) is 0 Å². The molecule has 0 unspecified atom stereocenters. The lowest BCUT2D eigenvalue weighted by Gasteiger charge is -2.35. The van der Waals surface area contributed by atoms with Gasteiger partial charge < -0.3 is 4.90 Å². The van der Waals surface area contributed by atoms with Crippen LogP contribution in [0, 0.1) is 0 Å². The van der Waals surface area contributed by atoms with Crippen molar-refractivity contribution >= 4 is 17.7 Å². The van der Waals surface area contributed by atoms with Crippen molar-refractivity contribution in [2.75, 3.05) is 5.75 Å². The quantitative estimate of drug-likeness (QED) is 0.810. The van der Waals surface area contributed by atoms with Crippen LogP contribution in [0.15, 0.2) is 47.8 Å². The second-order valence-electron chi connectivity index (χ2n) is 6.09. The van der Waals surface area contributed by atoms with Gasteiger partial charge >= 0.3 is 0 Å². The third-order valence-electron chi connectivity index (χ3n) is 4.73. The first kappa shape index (κ1) is 14.7. The van der Waals surface area contributed by atoms with Gasteiger partial charge in [0.05, 0.1) is 11.7 Å². The van der Waals surface area contributed by atoms with E-state index in [0.29, 0.717) is 12.5 Å². The van der Waals surface area contributed by atoms with Crippen molar-refractivity contribution in [2.45, 2.75) is 42.7 Å². The third kappa shape index (κ3) is 2.85. The summed E-state index contributed by atoms with van der Waals surface area (Å²) in [5, 5.41) is 0. The normalized spacial score (nSPS) is 22.0. The number of amides is 1. The Kier molecular flexibility index (Phi) is 4.04. The van der Waals surface area contributed by atoms with Gasteiger partial charge in [0.25, 0.3) is 0 Å². The molecule has 0 N–H and O–H groups in total. The van der Waals surface area contributed by atoms with Crippen LogP contribution in [0.1, 0.15) is 36.6 Å². The fraction of sp³-hybridized carbons (Fsp3) is 0.389. The van der Waals surface area contributed by atoms with Gasteiger partial charge in [0.2, 0.25) is 5.91 Å². The number of nitrogens with zero attached hydrogens (tertiary/aromatic N) is 3. The molecule has 1 fully saturated rings. The van der Waals surface area contributed by atoms with Gasteiger partial charge in [-0.25, -0.2) is 9.97 Å². The number of aromatic nitrogens is 2. The van der Waals surface area contributed by atoms with Gasteiger partial charge in [0.1, 0.15) is 6.33 Å². The molecule has 3 heterocycles. The Morgan fingerprint density at radius 2 is 2.13 bits per heavy atom. The lowest BCUT2D eigenvalue weighted by Crippen LogP contribution is -2.42. The number of rotatable bonds is 4. The van der Waals surface area contributed by atoms with Crippen molar-refractivity contribution in [2.24, 2.45) is 0 Å². The smallest absolute Gasteiger partial charge is 0.224 e. The standard InChI is InChI=1S/C18H19N3OS/c22-18(8-9-23-14-4-2-1-3-5-14)21-13-6-7-17(21)15-11-19-12-20-16(15)10-13/h1-5,11-13,17H,6-10H2/t13-,17-/m0/s1. The van der Waals surface area contributed by atoms with Crippen molar-refractivity contribution in [3.8, 4) is 0 Å². The molecule has 1 aromatic heterocycles. The van der Waals surface area contributed by atoms with E-state index < -0.39 is 0 Å². The SMILES string of the molecule is O=C(CCSc1ccccc1)N1[C@H]2CC[C@H]1c1cncnc1C2. The molecule has 0 radical (unpaired) electrons. The molecule has 1 saturated heterocycles. The molecule has 4 nitrogen and oxygen atoms in total. The summed E-state index contributed by atoms with van der Waals surface area (Å²) in [7, 11) is 0. The number of hydrogen-bond donors (Lipinski definition) is 0. The average molecular weight is 325 g/mol. The molecule has 118 valence electrons. The van der Waals surface area contributed by atoms with Crippen LogP contribution < -0.4 is 0 Å². The van der Waals surface area contributed by atoms with Crippen molar-refractivity contribution in [3.63, 3.8) is 0 Å². The predicted octanol–water partition coefficient (Wildman–Crippen LogP) is 3.25. The van der Waals surface area contributed by atoms with Gasteiger partial charge in [0, 0.05) is 41.3 Å². The van der Waals surface area contributed by atoms with Gasteiger partial charge in [-0.1, -0.05) is 18.2 Å². The first-order valence-electron chi connectivity index (χ1n) is 8.11. The van der Waals surface area contributed by atoms with Crippen molar-refractivity contribution in [1.29, 1.82) is 0 Å². The lowest BCUT2D eigenvalue weighted by atomic mass is 9.99. The molecule has 2 aromatic rings. The Labute approximate surface area is 140 Å². The van der Waals surface area contributed by atoms with Gasteiger partial charge in [0.15, 0.2) is 0 Å². The van der Waals surface area contributed by atoms with Crippen LogP contribution in [-0.4, -0.2) is 32.6 Å². The van der Waals surface area contributed by atoms with Crippen LogP contribution in [0.5, 0.6) is 0 Å². The Bertz CT molecular complexity index is 706. The van der Waals surface area contributed by atoms with Crippen LogP contribution >= 0.6 is 11.8 Å². The minimum Gasteiger partial charge on any atom is -0.332 e. The number of hydrogen-bond acceptors (Lipinski definition) is 4. The minimum atomic E-state index is 0.194. The summed E-state index contributed by atoms with van der Waals surface area (Å²) in [5.74, 6) is 1.10. The molecule has 5 heteroatoms. The van der Waals surface area contributed by atoms with Crippen LogP contribution in [0.3, 0.4) is 0 Å². The van der Waals surface area contributed by atoms with Crippen molar-refractivity contribution < 1.29 is 4.79 Å². The monoisotopic (exact) mass is 325 g/mol. The summed E-state index contributed by atoms with van der Waals surface area (Å²) in [4.78, 5) is 24.6. The van der Waals surface area contributed by atoms with E-state index in [9.17, 15) is 4.79 Å². The van der Waals surface area contributed by atoms with Crippen LogP contribution in [-0.2, 0) is 11.2 Å². The summed E-state index contributed by atoms with van der Waals surface area (Å²) < 4.78 is 0. The predicted molar refractivity (Wildman–Crippen MR) is 90.1 cm³/mol. The highest BCUT2D eigenvalue weighted by Crippen LogP contribution is 2.43. The molecular weight excluding hydrogens is 306 g/mol. The van der Waals surface area contributed by atoms with Gasteiger partial charge in [-0.15, -0.1) is 11.8 Å². The minimum absolute atomic E-state index is 0.194. The van der Waals surface area contributed by atoms with E-state index >= 15 is 0 Å². The fourth-order valence-corrected chi connectivity index (χ4v) is 4.57. The number of fused-ring (bicyclic) bond motifs is 4. The van der Waals surface area contributed by atoms with Gasteiger partial charge in [-0.2, -0.15) is 0 Å². The largest absolute Gasteiger partial charge is 0.332 e. The average Bonchev–Trinajstić information content (AvgIpc) is 2.91. The molecule has 0 spiro atoms. The molecule has 23 heavy (non-hydrogen) atoms. The molecular formula is C18H19N3OS. The second kappa shape index (κ2) is 6.32. The number of benzene rings is 1. The van der Waals surface area contributed by atoms with E-state index in [0.717, 1.165) is 36.3 Å². The summed E-state index contributed by atoms with van der Waals surface area (Å²) in [6.07, 6.45) is 7.11. The molecule has 1 amide bonds. The Morgan fingerprint density at radius 1 is 1.26 bits per heavy atom. The van der Waals surface area contributed by atoms with Crippen LogP contribution in [0.4, 0.5) is 0 Å². The van der Waals surface area contributed by atoms with E-state index in [1.807, 2.05) is 24.4 Å². The zero-order valence-corrected chi connectivity index (χ0v) is 13.7. The third-order valence-corrected chi connectivity index (χ3v) is 5.75. The summed E-state index contributed by atoms with van der Waals surface area (Å²) in [5.41, 5.74) is 2.29. The molecule has 4 rings (SSSR count). The maximum absolute atomic E-state index is 12.7. The number of carbonyl (C=O) groups is 1. The van der Waals surface area contributed by atoms with E-state index in [1.165, 1.54) is 4.90 Å². The summed E-state index contributed by atoms with van der Waals surface area (Å²) in [6.45, 7) is 0. The number of carbonyl (C=O) groups excluding carboxylic acids is 1. The molecule has 2 aliphatic heterocycles. The molecule has 2 atom stereocenters. The van der Waals surface area contributed by atoms with Crippen molar-refractivity contribution in [1.82, 2.24) is 14.9 Å². The molecule has 2 aliphatic rings. The lowest BCUT2D eigenvalue weighted by molar-refractivity contribution is -0.134. The summed E-state index contributed by atoms with van der Waals surface area (Å²) >= 11 is 1.75. The highest BCUT2D eigenvalue weighted by atomic mass is 32.2. The summed E-state index contributed by atoms with van der Waals surface area (Å²) in [6, 6.07) is 10.8. The topological polar surface area (TPSA) is 46.1 Å². The Morgan fingerprint density at radius 3 is 3.00 bits per heavy atom. The maximum atomic E-state index is 12.7. The Hall–Kier alpha value is -1.88. The number of thioether (sulfide) groups is 1. The molecule has 0 aliphatic carbocycles. The highest BCUT2D eigenvalue weighted by Gasteiger charge is 2.42. The second-order valence-corrected chi connectivity index (χ2v) is 7.26. The van der Waals surface area contributed by atoms with Gasteiger partial charge in [-0.3, -0.25) is 4.79 Å². The van der Waals surface area contributed by atoms with Crippen LogP contribution in [0.25, 0.3) is 0 Å². The Balaban J connectivity index is 1.42. The first-order valence-corrected chi connectivity index (χ1v) is 9.09. The van der Waals surface area contributed by atoms with E-state index in [1.54, 1.807) is 18.1 Å².